The first-order chi connectivity index (χ1) is 6.99. The van der Waals surface area contributed by atoms with Crippen molar-refractivity contribution in [1.82, 2.24) is 15.1 Å². The maximum absolute atomic E-state index is 11.8. The predicted octanol–water partition coefficient (Wildman–Crippen LogP) is 1.50. The summed E-state index contributed by atoms with van der Waals surface area (Å²) in [5.74, 6) is 0. The van der Waals surface area contributed by atoms with Gasteiger partial charge in [0.2, 0.25) is 0 Å². The van der Waals surface area contributed by atoms with Crippen LogP contribution in [0.1, 0.15) is 12.1 Å². The quantitative estimate of drug-likeness (QED) is 0.764. The Morgan fingerprint density at radius 2 is 2.13 bits per heavy atom. The monoisotopic (exact) mass is 221 g/mol. The molecule has 0 aliphatic rings. The van der Waals surface area contributed by atoms with Gasteiger partial charge in [-0.25, -0.2) is 0 Å². The molecule has 15 heavy (non-hydrogen) atoms. The molecule has 0 bridgehead atoms. The van der Waals surface area contributed by atoms with Crippen LogP contribution in [0.5, 0.6) is 0 Å². The summed E-state index contributed by atoms with van der Waals surface area (Å²) in [6, 6.07) is 1.85. The first-order valence-electron chi connectivity index (χ1n) is 4.73. The number of nitrogens with zero attached hydrogens (tertiary/aromatic N) is 2. The first-order valence-corrected chi connectivity index (χ1v) is 4.73. The highest BCUT2D eigenvalue weighted by atomic mass is 19.4. The number of alkyl halides is 3. The van der Waals surface area contributed by atoms with E-state index in [1.54, 1.807) is 10.9 Å². The molecule has 1 rings (SSSR count). The summed E-state index contributed by atoms with van der Waals surface area (Å²) in [5.41, 5.74) is 1.01. The van der Waals surface area contributed by atoms with E-state index in [2.05, 4.69) is 10.4 Å². The van der Waals surface area contributed by atoms with E-state index in [0.717, 1.165) is 5.69 Å². The van der Waals surface area contributed by atoms with Crippen molar-refractivity contribution in [1.29, 1.82) is 0 Å². The van der Waals surface area contributed by atoms with Crippen molar-refractivity contribution in [3.63, 3.8) is 0 Å². The lowest BCUT2D eigenvalue weighted by Crippen LogP contribution is -2.24. The fraction of sp³-hybridized carbons (Fsp3) is 0.667. The summed E-state index contributed by atoms with van der Waals surface area (Å²) in [6.45, 7) is 0.511. The van der Waals surface area contributed by atoms with Gasteiger partial charge in [0, 0.05) is 38.4 Å². The lowest BCUT2D eigenvalue weighted by Gasteiger charge is -2.07. The SMILES string of the molecule is Cn1nccc1CCNCCC(F)(F)F. The molecular weight excluding hydrogens is 207 g/mol. The summed E-state index contributed by atoms with van der Waals surface area (Å²) in [7, 11) is 1.81. The molecule has 0 aliphatic heterocycles. The summed E-state index contributed by atoms with van der Waals surface area (Å²) in [6.07, 6.45) is -2.49. The number of rotatable bonds is 5. The Morgan fingerprint density at radius 1 is 1.40 bits per heavy atom. The zero-order valence-electron chi connectivity index (χ0n) is 8.51. The third-order valence-electron chi connectivity index (χ3n) is 2.07. The molecule has 0 radical (unpaired) electrons. The predicted molar refractivity (Wildman–Crippen MR) is 50.5 cm³/mol. The van der Waals surface area contributed by atoms with Crippen LogP contribution in [-0.4, -0.2) is 29.0 Å². The van der Waals surface area contributed by atoms with Crippen LogP contribution in [-0.2, 0) is 13.5 Å². The smallest absolute Gasteiger partial charge is 0.316 e. The second-order valence-corrected chi connectivity index (χ2v) is 3.31. The molecule has 0 saturated heterocycles. The van der Waals surface area contributed by atoms with E-state index < -0.39 is 12.6 Å². The molecular formula is C9H14F3N3. The summed E-state index contributed by atoms with van der Waals surface area (Å²) in [5, 5.41) is 6.71. The van der Waals surface area contributed by atoms with Crippen LogP contribution in [0, 0.1) is 0 Å². The number of hydrogen-bond donors (Lipinski definition) is 1. The number of hydrogen-bond acceptors (Lipinski definition) is 2. The standard InChI is InChI=1S/C9H14F3N3/c1-15-8(3-6-14-15)2-5-13-7-4-9(10,11)12/h3,6,13H,2,4-5,7H2,1H3. The molecule has 3 nitrogen and oxygen atoms in total. The zero-order chi connectivity index (χ0) is 11.3. The highest BCUT2D eigenvalue weighted by Crippen LogP contribution is 2.17. The second kappa shape index (κ2) is 5.16. The van der Waals surface area contributed by atoms with Gasteiger partial charge < -0.3 is 5.32 Å². The minimum Gasteiger partial charge on any atom is -0.316 e. The molecule has 1 N–H and O–H groups in total. The van der Waals surface area contributed by atoms with Gasteiger partial charge in [0.15, 0.2) is 0 Å². The second-order valence-electron chi connectivity index (χ2n) is 3.31. The van der Waals surface area contributed by atoms with Crippen LogP contribution in [0.25, 0.3) is 0 Å². The van der Waals surface area contributed by atoms with Gasteiger partial charge in [-0.05, 0) is 6.07 Å². The van der Waals surface area contributed by atoms with Gasteiger partial charge in [-0.3, -0.25) is 4.68 Å². The number of aryl methyl sites for hydroxylation is 1. The molecule has 0 amide bonds. The highest BCUT2D eigenvalue weighted by molar-refractivity contribution is 5.00. The lowest BCUT2D eigenvalue weighted by atomic mass is 10.3. The van der Waals surface area contributed by atoms with Crippen LogP contribution in [0.2, 0.25) is 0 Å². The van der Waals surface area contributed by atoms with E-state index in [9.17, 15) is 13.2 Å². The van der Waals surface area contributed by atoms with Crippen molar-refractivity contribution in [3.8, 4) is 0 Å². The van der Waals surface area contributed by atoms with E-state index in [-0.39, 0.29) is 6.54 Å². The summed E-state index contributed by atoms with van der Waals surface area (Å²) in [4.78, 5) is 0. The average molecular weight is 221 g/mol. The molecule has 86 valence electrons. The van der Waals surface area contributed by atoms with Crippen LogP contribution < -0.4 is 5.32 Å². The number of nitrogens with one attached hydrogen (secondary N) is 1. The third kappa shape index (κ3) is 4.83. The molecule has 0 unspecified atom stereocenters. The average Bonchev–Trinajstić information content (AvgIpc) is 2.49. The molecule has 1 aromatic heterocycles. The topological polar surface area (TPSA) is 29.9 Å². The van der Waals surface area contributed by atoms with Gasteiger partial charge >= 0.3 is 6.18 Å². The molecule has 0 spiro atoms. The van der Waals surface area contributed by atoms with Crippen molar-refractivity contribution in [3.05, 3.63) is 18.0 Å². The third-order valence-corrected chi connectivity index (χ3v) is 2.07. The normalized spacial score (nSPS) is 12.0. The molecule has 1 heterocycles. The van der Waals surface area contributed by atoms with Crippen molar-refractivity contribution in [2.75, 3.05) is 13.1 Å². The molecule has 0 saturated carbocycles. The van der Waals surface area contributed by atoms with Gasteiger partial charge in [0.1, 0.15) is 0 Å². The Balaban J connectivity index is 2.10. The minimum absolute atomic E-state index is 0.0264. The van der Waals surface area contributed by atoms with E-state index >= 15 is 0 Å². The van der Waals surface area contributed by atoms with Crippen LogP contribution in [0.15, 0.2) is 12.3 Å². The Bertz CT molecular complexity index is 293. The van der Waals surface area contributed by atoms with Gasteiger partial charge in [-0.15, -0.1) is 0 Å². The Kier molecular flexibility index (Phi) is 4.14. The van der Waals surface area contributed by atoms with Gasteiger partial charge in [0.25, 0.3) is 0 Å². The van der Waals surface area contributed by atoms with Crippen LogP contribution >= 0.6 is 0 Å². The van der Waals surface area contributed by atoms with Gasteiger partial charge in [-0.1, -0.05) is 0 Å². The molecule has 1 aromatic rings. The zero-order valence-corrected chi connectivity index (χ0v) is 8.51. The largest absolute Gasteiger partial charge is 0.390 e. The molecule has 0 atom stereocenters. The van der Waals surface area contributed by atoms with E-state index in [1.807, 2.05) is 13.1 Å². The van der Waals surface area contributed by atoms with Crippen molar-refractivity contribution in [2.45, 2.75) is 19.0 Å². The fourth-order valence-corrected chi connectivity index (χ4v) is 1.22. The summed E-state index contributed by atoms with van der Waals surface area (Å²) < 4.78 is 37.0. The van der Waals surface area contributed by atoms with Crippen LogP contribution in [0.3, 0.4) is 0 Å². The van der Waals surface area contributed by atoms with Gasteiger partial charge in [-0.2, -0.15) is 18.3 Å². The Morgan fingerprint density at radius 3 is 2.67 bits per heavy atom. The Hall–Kier alpha value is -1.04. The Labute approximate surface area is 86.3 Å². The van der Waals surface area contributed by atoms with Crippen molar-refractivity contribution >= 4 is 0 Å². The minimum atomic E-state index is -4.07. The fourth-order valence-electron chi connectivity index (χ4n) is 1.22. The van der Waals surface area contributed by atoms with Crippen molar-refractivity contribution in [2.24, 2.45) is 7.05 Å². The summed E-state index contributed by atoms with van der Waals surface area (Å²) >= 11 is 0. The highest BCUT2D eigenvalue weighted by Gasteiger charge is 2.25. The number of aromatic nitrogens is 2. The maximum atomic E-state index is 11.8. The van der Waals surface area contributed by atoms with Gasteiger partial charge in [0.05, 0.1) is 6.42 Å². The molecule has 0 aliphatic carbocycles. The van der Waals surface area contributed by atoms with Crippen molar-refractivity contribution < 1.29 is 13.2 Å². The molecule has 6 heteroatoms. The van der Waals surface area contributed by atoms with E-state index in [1.165, 1.54) is 0 Å². The van der Waals surface area contributed by atoms with Crippen LogP contribution in [0.4, 0.5) is 13.2 Å². The first kappa shape index (κ1) is 12.0. The van der Waals surface area contributed by atoms with E-state index in [0.29, 0.717) is 13.0 Å². The van der Waals surface area contributed by atoms with E-state index in [4.69, 9.17) is 0 Å². The number of halogens is 3. The maximum Gasteiger partial charge on any atom is 0.390 e. The molecule has 0 fully saturated rings. The molecule has 0 aromatic carbocycles. The lowest BCUT2D eigenvalue weighted by molar-refractivity contribution is -0.133.